The zero-order valence-electron chi connectivity index (χ0n) is 15.3. The number of amides is 1. The van der Waals surface area contributed by atoms with Crippen LogP contribution in [0.25, 0.3) is 0 Å². The summed E-state index contributed by atoms with van der Waals surface area (Å²) in [4.78, 5) is 18.9. The van der Waals surface area contributed by atoms with Gasteiger partial charge in [0.1, 0.15) is 11.6 Å². The van der Waals surface area contributed by atoms with Gasteiger partial charge in [-0.1, -0.05) is 42.1 Å². The third kappa shape index (κ3) is 5.36. The molecule has 0 spiro atoms. The fourth-order valence-corrected chi connectivity index (χ4v) is 3.66. The molecule has 0 saturated carbocycles. The van der Waals surface area contributed by atoms with Gasteiger partial charge in [0, 0.05) is 42.2 Å². The van der Waals surface area contributed by atoms with E-state index in [4.69, 9.17) is 0 Å². The number of rotatable bonds is 5. The first-order valence-corrected chi connectivity index (χ1v) is 9.65. The maximum Gasteiger partial charge on any atom is 0.267 e. The minimum Gasteiger partial charge on any atom is -0.374 e. The number of nitrogens with one attached hydrogen (secondary N) is 1. The van der Waals surface area contributed by atoms with Crippen LogP contribution in [0.1, 0.15) is 0 Å². The summed E-state index contributed by atoms with van der Waals surface area (Å²) >= 11 is 1.58. The molecule has 0 radical (unpaired) electrons. The van der Waals surface area contributed by atoms with E-state index in [1.54, 1.807) is 18.0 Å². The number of nitrogens with zero attached hydrogens (tertiary/aromatic N) is 3. The Morgan fingerprint density at radius 2 is 1.74 bits per heavy atom. The van der Waals surface area contributed by atoms with Crippen molar-refractivity contribution >= 4 is 23.4 Å². The van der Waals surface area contributed by atoms with Crippen molar-refractivity contribution in [2.24, 2.45) is 0 Å². The molecule has 1 N–H and O–H groups in total. The molecule has 3 rings (SSSR count). The first kappa shape index (κ1) is 19.0. The van der Waals surface area contributed by atoms with Gasteiger partial charge in [-0.3, -0.25) is 4.79 Å². The lowest BCUT2D eigenvalue weighted by Crippen LogP contribution is -2.42. The second-order valence-corrected chi connectivity index (χ2v) is 7.47. The van der Waals surface area contributed by atoms with E-state index in [9.17, 15) is 10.1 Å². The Balaban J connectivity index is 1.72. The van der Waals surface area contributed by atoms with Crippen LogP contribution in [0.5, 0.6) is 0 Å². The van der Waals surface area contributed by atoms with E-state index in [1.807, 2.05) is 65.6 Å². The average Bonchev–Trinajstić information content (AvgIpc) is 2.70. The van der Waals surface area contributed by atoms with E-state index in [0.717, 1.165) is 36.0 Å². The number of benzene rings is 2. The molecular formula is C21H22N4OS. The van der Waals surface area contributed by atoms with Gasteiger partial charge in [0.25, 0.3) is 5.91 Å². The Morgan fingerprint density at radius 3 is 2.44 bits per heavy atom. The van der Waals surface area contributed by atoms with Crippen molar-refractivity contribution in [3.8, 4) is 6.07 Å². The van der Waals surface area contributed by atoms with Gasteiger partial charge < -0.3 is 15.1 Å². The van der Waals surface area contributed by atoms with Crippen LogP contribution < -0.4 is 5.32 Å². The predicted octanol–water partition coefficient (Wildman–Crippen LogP) is 3.43. The quantitative estimate of drug-likeness (QED) is 0.638. The molecule has 1 heterocycles. The summed E-state index contributed by atoms with van der Waals surface area (Å²) in [6.07, 6.45) is 1.68. The molecule has 0 bridgehead atoms. The molecule has 0 aliphatic carbocycles. The Bertz CT molecular complexity index is 852. The molecule has 1 saturated heterocycles. The molecule has 27 heavy (non-hydrogen) atoms. The number of carbonyl (C=O) groups is 1. The number of para-hydroxylation sites is 1. The molecule has 1 amide bonds. The van der Waals surface area contributed by atoms with E-state index < -0.39 is 0 Å². The maximum atomic E-state index is 12.6. The second kappa shape index (κ2) is 9.26. The summed E-state index contributed by atoms with van der Waals surface area (Å²) in [5.74, 6) is -0.377. The standard InChI is InChI=1S/C21H22N4OS/c1-24-11-13-25(14-12-24)16-17(15-22)21(26)23-19-9-5-6-10-20(19)27-18-7-3-2-4-8-18/h2-10,16H,11-14H2,1H3,(H,23,26)/b17-16-. The van der Waals surface area contributed by atoms with Crippen molar-refractivity contribution in [3.63, 3.8) is 0 Å². The highest BCUT2D eigenvalue weighted by atomic mass is 32.2. The highest BCUT2D eigenvalue weighted by Crippen LogP contribution is 2.33. The van der Waals surface area contributed by atoms with Crippen LogP contribution in [0.4, 0.5) is 5.69 Å². The van der Waals surface area contributed by atoms with Crippen molar-refractivity contribution < 1.29 is 4.79 Å². The van der Waals surface area contributed by atoms with Gasteiger partial charge in [-0.2, -0.15) is 5.26 Å². The number of hydrogen-bond donors (Lipinski definition) is 1. The summed E-state index contributed by atoms with van der Waals surface area (Å²) in [5.41, 5.74) is 0.829. The Kier molecular flexibility index (Phi) is 6.53. The zero-order valence-corrected chi connectivity index (χ0v) is 16.1. The van der Waals surface area contributed by atoms with Gasteiger partial charge in [-0.25, -0.2) is 0 Å². The third-order valence-corrected chi connectivity index (χ3v) is 5.40. The fraction of sp³-hybridized carbons (Fsp3) is 0.238. The molecular weight excluding hydrogens is 356 g/mol. The molecule has 5 nitrogen and oxygen atoms in total. The molecule has 2 aromatic carbocycles. The number of anilines is 1. The van der Waals surface area contributed by atoms with E-state index in [-0.39, 0.29) is 11.5 Å². The molecule has 138 valence electrons. The predicted molar refractivity (Wildman–Crippen MR) is 108 cm³/mol. The average molecular weight is 379 g/mol. The molecule has 1 fully saturated rings. The number of piperazine rings is 1. The van der Waals surface area contributed by atoms with E-state index in [0.29, 0.717) is 5.69 Å². The minimum absolute atomic E-state index is 0.124. The molecule has 2 aromatic rings. The molecule has 6 heteroatoms. The summed E-state index contributed by atoms with van der Waals surface area (Å²) in [6, 6.07) is 19.7. The highest BCUT2D eigenvalue weighted by molar-refractivity contribution is 7.99. The molecule has 0 atom stereocenters. The Morgan fingerprint density at radius 1 is 1.07 bits per heavy atom. The SMILES string of the molecule is CN1CCN(/C=C(/C#N)C(=O)Nc2ccccc2Sc2ccccc2)CC1. The van der Waals surface area contributed by atoms with Crippen molar-refractivity contribution in [2.75, 3.05) is 38.5 Å². The van der Waals surface area contributed by atoms with Crippen LogP contribution in [-0.2, 0) is 4.79 Å². The van der Waals surface area contributed by atoms with Gasteiger partial charge in [0.15, 0.2) is 0 Å². The van der Waals surface area contributed by atoms with Gasteiger partial charge in [-0.15, -0.1) is 0 Å². The highest BCUT2D eigenvalue weighted by Gasteiger charge is 2.16. The largest absolute Gasteiger partial charge is 0.374 e. The molecule has 1 aliphatic rings. The van der Waals surface area contributed by atoms with Crippen LogP contribution in [0.15, 0.2) is 76.2 Å². The van der Waals surface area contributed by atoms with Crippen molar-refractivity contribution in [1.82, 2.24) is 9.80 Å². The third-order valence-electron chi connectivity index (χ3n) is 4.32. The van der Waals surface area contributed by atoms with Crippen LogP contribution in [0, 0.1) is 11.3 Å². The van der Waals surface area contributed by atoms with E-state index >= 15 is 0 Å². The van der Waals surface area contributed by atoms with E-state index in [1.165, 1.54) is 0 Å². The summed E-state index contributed by atoms with van der Waals surface area (Å²) in [7, 11) is 2.07. The topological polar surface area (TPSA) is 59.4 Å². The number of carbonyl (C=O) groups excluding carboxylic acids is 1. The maximum absolute atomic E-state index is 12.6. The lowest BCUT2D eigenvalue weighted by atomic mass is 10.2. The number of nitriles is 1. The van der Waals surface area contributed by atoms with Gasteiger partial charge in [-0.05, 0) is 31.3 Å². The minimum atomic E-state index is -0.377. The lowest BCUT2D eigenvalue weighted by Gasteiger charge is -2.31. The smallest absolute Gasteiger partial charge is 0.267 e. The fourth-order valence-electron chi connectivity index (χ4n) is 2.74. The number of hydrogen-bond acceptors (Lipinski definition) is 5. The first-order valence-electron chi connectivity index (χ1n) is 8.83. The van der Waals surface area contributed by atoms with E-state index in [2.05, 4.69) is 17.3 Å². The van der Waals surface area contributed by atoms with Gasteiger partial charge in [0.05, 0.1) is 5.69 Å². The molecule has 1 aliphatic heterocycles. The Hall–Kier alpha value is -2.75. The number of likely N-dealkylation sites (N-methyl/N-ethyl adjacent to an activating group) is 1. The summed E-state index contributed by atoms with van der Waals surface area (Å²) in [5, 5.41) is 12.3. The van der Waals surface area contributed by atoms with Crippen LogP contribution in [-0.4, -0.2) is 48.9 Å². The zero-order chi connectivity index (χ0) is 19.1. The lowest BCUT2D eigenvalue weighted by molar-refractivity contribution is -0.112. The van der Waals surface area contributed by atoms with Crippen molar-refractivity contribution in [2.45, 2.75) is 9.79 Å². The first-order chi connectivity index (χ1) is 13.2. The summed E-state index contributed by atoms with van der Waals surface area (Å²) < 4.78 is 0. The van der Waals surface area contributed by atoms with Crippen molar-refractivity contribution in [1.29, 1.82) is 5.26 Å². The van der Waals surface area contributed by atoms with Gasteiger partial charge >= 0.3 is 0 Å². The van der Waals surface area contributed by atoms with Crippen LogP contribution in [0.2, 0.25) is 0 Å². The monoisotopic (exact) mass is 378 g/mol. The van der Waals surface area contributed by atoms with Crippen LogP contribution in [0.3, 0.4) is 0 Å². The van der Waals surface area contributed by atoms with Crippen molar-refractivity contribution in [3.05, 3.63) is 66.4 Å². The normalized spacial score (nSPS) is 15.3. The molecule has 0 unspecified atom stereocenters. The Labute approximate surface area is 164 Å². The summed E-state index contributed by atoms with van der Waals surface area (Å²) in [6.45, 7) is 3.48. The second-order valence-electron chi connectivity index (χ2n) is 6.36. The van der Waals surface area contributed by atoms with Crippen LogP contribution >= 0.6 is 11.8 Å². The molecule has 0 aromatic heterocycles. The van der Waals surface area contributed by atoms with Gasteiger partial charge in [0.2, 0.25) is 0 Å².